The van der Waals surface area contributed by atoms with Crippen LogP contribution in [0.2, 0.25) is 0 Å². The molecule has 1 aliphatic heterocycles. The van der Waals surface area contributed by atoms with Gasteiger partial charge in [0.2, 0.25) is 6.61 Å². The Bertz CT molecular complexity index is 160. The van der Waals surface area contributed by atoms with Crippen molar-refractivity contribution >= 4 is 5.71 Å². The van der Waals surface area contributed by atoms with Gasteiger partial charge in [-0.25, -0.2) is 0 Å². The molecule has 0 saturated carbocycles. The lowest BCUT2D eigenvalue weighted by Gasteiger charge is -2.15. The Hall–Kier alpha value is -0.780. The molecule has 0 aromatic heterocycles. The lowest BCUT2D eigenvalue weighted by Crippen LogP contribution is -2.42. The van der Waals surface area contributed by atoms with Crippen LogP contribution in [0, 0.1) is 0 Å². The van der Waals surface area contributed by atoms with E-state index in [0.29, 0.717) is 18.8 Å². The maximum atomic E-state index is 11.4. The SMILES string of the molecule is FC(F)(F)CON=C1CNC1. The molecule has 64 valence electrons. The van der Waals surface area contributed by atoms with Crippen LogP contribution in [0.4, 0.5) is 13.2 Å². The van der Waals surface area contributed by atoms with Gasteiger partial charge in [0.05, 0.1) is 5.71 Å². The van der Waals surface area contributed by atoms with Gasteiger partial charge in [0, 0.05) is 13.1 Å². The van der Waals surface area contributed by atoms with Gasteiger partial charge in [-0.15, -0.1) is 0 Å². The van der Waals surface area contributed by atoms with Gasteiger partial charge < -0.3 is 10.2 Å². The first-order valence-corrected chi connectivity index (χ1v) is 3.03. The van der Waals surface area contributed by atoms with Gasteiger partial charge in [-0.3, -0.25) is 0 Å². The van der Waals surface area contributed by atoms with Crippen LogP contribution in [0.1, 0.15) is 0 Å². The number of halogens is 3. The smallest absolute Gasteiger partial charge is 0.386 e. The molecule has 3 nitrogen and oxygen atoms in total. The summed E-state index contributed by atoms with van der Waals surface area (Å²) in [6.45, 7) is -0.258. The maximum absolute atomic E-state index is 11.4. The Morgan fingerprint density at radius 1 is 1.45 bits per heavy atom. The number of rotatable bonds is 2. The lowest BCUT2D eigenvalue weighted by atomic mass is 10.2. The number of nitrogens with one attached hydrogen (secondary N) is 1. The molecule has 1 heterocycles. The van der Waals surface area contributed by atoms with E-state index in [1.165, 1.54) is 0 Å². The van der Waals surface area contributed by atoms with Crippen LogP contribution in [0.3, 0.4) is 0 Å². The summed E-state index contributed by atoms with van der Waals surface area (Å²) in [7, 11) is 0. The molecular weight excluding hydrogens is 161 g/mol. The molecule has 0 amide bonds. The fourth-order valence-corrected chi connectivity index (χ4v) is 0.498. The van der Waals surface area contributed by atoms with Gasteiger partial charge in [-0.1, -0.05) is 5.16 Å². The molecule has 0 aromatic carbocycles. The standard InChI is InChI=1S/C5H7F3N2O/c6-5(7,8)3-11-10-4-1-9-2-4/h9H,1-3H2. The second-order valence-electron chi connectivity index (χ2n) is 2.15. The molecule has 0 radical (unpaired) electrons. The molecule has 0 atom stereocenters. The van der Waals surface area contributed by atoms with Crippen LogP contribution in [0.15, 0.2) is 5.16 Å². The van der Waals surface area contributed by atoms with Gasteiger partial charge in [-0.2, -0.15) is 13.2 Å². The van der Waals surface area contributed by atoms with Crippen molar-refractivity contribution in [3.8, 4) is 0 Å². The third kappa shape index (κ3) is 3.22. The molecule has 6 heteroatoms. The van der Waals surface area contributed by atoms with Crippen LogP contribution in [-0.2, 0) is 4.84 Å². The second-order valence-corrected chi connectivity index (χ2v) is 2.15. The van der Waals surface area contributed by atoms with E-state index in [1.54, 1.807) is 0 Å². The molecule has 1 aliphatic rings. The fraction of sp³-hybridized carbons (Fsp3) is 0.800. The predicted octanol–water partition coefficient (Wildman–Crippen LogP) is 0.524. The van der Waals surface area contributed by atoms with Crippen molar-refractivity contribution in [1.82, 2.24) is 5.32 Å². The van der Waals surface area contributed by atoms with E-state index < -0.39 is 12.8 Å². The highest BCUT2D eigenvalue weighted by Gasteiger charge is 2.28. The Kier molecular flexibility index (Phi) is 2.33. The normalized spacial score (nSPS) is 17.5. The third-order valence-corrected chi connectivity index (χ3v) is 1.08. The van der Waals surface area contributed by atoms with Crippen molar-refractivity contribution in [2.75, 3.05) is 19.7 Å². The molecular formula is C5H7F3N2O. The van der Waals surface area contributed by atoms with Crippen molar-refractivity contribution in [2.24, 2.45) is 5.16 Å². The van der Waals surface area contributed by atoms with Crippen molar-refractivity contribution in [1.29, 1.82) is 0 Å². The van der Waals surface area contributed by atoms with E-state index >= 15 is 0 Å². The minimum Gasteiger partial charge on any atom is -0.386 e. The van der Waals surface area contributed by atoms with Crippen molar-refractivity contribution in [2.45, 2.75) is 6.18 Å². The van der Waals surface area contributed by atoms with Crippen LogP contribution in [-0.4, -0.2) is 31.6 Å². The number of hydrogen-bond acceptors (Lipinski definition) is 3. The zero-order valence-corrected chi connectivity index (χ0v) is 5.61. The molecule has 1 saturated heterocycles. The first kappa shape index (κ1) is 8.32. The highest BCUT2D eigenvalue weighted by molar-refractivity contribution is 5.92. The van der Waals surface area contributed by atoms with Crippen molar-refractivity contribution in [3.05, 3.63) is 0 Å². The summed E-state index contributed by atoms with van der Waals surface area (Å²) in [4.78, 5) is 4.02. The number of nitrogens with zero attached hydrogens (tertiary/aromatic N) is 1. The average Bonchev–Trinajstić information content (AvgIpc) is 1.73. The van der Waals surface area contributed by atoms with E-state index in [-0.39, 0.29) is 0 Å². The van der Waals surface area contributed by atoms with Crippen molar-refractivity contribution < 1.29 is 18.0 Å². The Balaban J connectivity index is 2.12. The maximum Gasteiger partial charge on any atom is 0.425 e. The second kappa shape index (κ2) is 3.08. The third-order valence-electron chi connectivity index (χ3n) is 1.08. The van der Waals surface area contributed by atoms with Gasteiger partial charge >= 0.3 is 6.18 Å². The Morgan fingerprint density at radius 2 is 2.09 bits per heavy atom. The summed E-state index contributed by atoms with van der Waals surface area (Å²) in [6, 6.07) is 0. The van der Waals surface area contributed by atoms with Gasteiger partial charge in [0.15, 0.2) is 0 Å². The number of hydrogen-bond donors (Lipinski definition) is 1. The largest absolute Gasteiger partial charge is 0.425 e. The number of oxime groups is 1. The average molecular weight is 168 g/mol. The van der Waals surface area contributed by atoms with Crippen LogP contribution < -0.4 is 5.32 Å². The van der Waals surface area contributed by atoms with E-state index in [4.69, 9.17) is 0 Å². The van der Waals surface area contributed by atoms with E-state index in [1.807, 2.05) is 0 Å². The monoisotopic (exact) mass is 168 g/mol. The molecule has 1 rings (SSSR count). The quantitative estimate of drug-likeness (QED) is 0.610. The van der Waals surface area contributed by atoms with Gasteiger partial charge in [-0.05, 0) is 0 Å². The van der Waals surface area contributed by atoms with Gasteiger partial charge in [0.25, 0.3) is 0 Å². The zero-order valence-electron chi connectivity index (χ0n) is 5.61. The fourth-order valence-electron chi connectivity index (χ4n) is 0.498. The molecule has 1 N–H and O–H groups in total. The molecule has 0 bridgehead atoms. The topological polar surface area (TPSA) is 33.6 Å². The summed E-state index contributed by atoms with van der Waals surface area (Å²) in [5, 5.41) is 6.07. The molecule has 0 aliphatic carbocycles. The molecule has 1 fully saturated rings. The summed E-state index contributed by atoms with van der Waals surface area (Å²) in [6.07, 6.45) is -4.29. The molecule has 0 unspecified atom stereocenters. The minimum absolute atomic E-state index is 0.526. The van der Waals surface area contributed by atoms with Crippen LogP contribution in [0.25, 0.3) is 0 Å². The summed E-state index contributed by atoms with van der Waals surface area (Å²) < 4.78 is 34.3. The summed E-state index contributed by atoms with van der Waals surface area (Å²) >= 11 is 0. The van der Waals surface area contributed by atoms with Crippen molar-refractivity contribution in [3.63, 3.8) is 0 Å². The Morgan fingerprint density at radius 3 is 2.45 bits per heavy atom. The highest BCUT2D eigenvalue weighted by Crippen LogP contribution is 2.14. The number of alkyl halides is 3. The predicted molar refractivity (Wildman–Crippen MR) is 32.3 cm³/mol. The Labute approximate surface area is 61.2 Å². The zero-order chi connectivity index (χ0) is 8.32. The summed E-state index contributed by atoms with van der Waals surface area (Å²) in [5.74, 6) is 0. The van der Waals surface area contributed by atoms with Crippen LogP contribution >= 0.6 is 0 Å². The van der Waals surface area contributed by atoms with E-state index in [9.17, 15) is 13.2 Å². The highest BCUT2D eigenvalue weighted by atomic mass is 19.4. The van der Waals surface area contributed by atoms with Crippen LogP contribution in [0.5, 0.6) is 0 Å². The van der Waals surface area contributed by atoms with E-state index in [0.717, 1.165) is 0 Å². The first-order chi connectivity index (χ1) is 5.08. The van der Waals surface area contributed by atoms with E-state index in [2.05, 4.69) is 15.3 Å². The first-order valence-electron chi connectivity index (χ1n) is 3.03. The minimum atomic E-state index is -4.29. The molecule has 11 heavy (non-hydrogen) atoms. The lowest BCUT2D eigenvalue weighted by molar-refractivity contribution is -0.173. The summed E-state index contributed by atoms with van der Waals surface area (Å²) in [5.41, 5.74) is 0.620. The van der Waals surface area contributed by atoms with Gasteiger partial charge in [0.1, 0.15) is 0 Å². The molecule has 0 spiro atoms. The molecule has 0 aromatic rings.